The molecule has 1 unspecified atom stereocenters. The van der Waals surface area contributed by atoms with Crippen LogP contribution in [0.1, 0.15) is 53.9 Å². The van der Waals surface area contributed by atoms with E-state index in [9.17, 15) is 9.59 Å². The van der Waals surface area contributed by atoms with Crippen LogP contribution in [-0.2, 0) is 9.53 Å². The minimum atomic E-state index is -0.528. The SMILES string of the molecule is CCCCC(CNC(=O)OC(C)(C)C)NC(=NCC(=O)N(C)C)NCC. The second-order valence-corrected chi connectivity index (χ2v) is 7.35. The van der Waals surface area contributed by atoms with Crippen molar-refractivity contribution in [3.8, 4) is 0 Å². The lowest BCUT2D eigenvalue weighted by Crippen LogP contribution is -2.49. The summed E-state index contributed by atoms with van der Waals surface area (Å²) in [5.41, 5.74) is -0.528. The number of carbonyl (C=O) groups excluding carboxylic acids is 2. The molecule has 8 nitrogen and oxygen atoms in total. The lowest BCUT2D eigenvalue weighted by Gasteiger charge is -2.24. The van der Waals surface area contributed by atoms with Crippen molar-refractivity contribution < 1.29 is 14.3 Å². The van der Waals surface area contributed by atoms with Crippen molar-refractivity contribution in [1.29, 1.82) is 0 Å². The fourth-order valence-corrected chi connectivity index (χ4v) is 2.00. The highest BCUT2D eigenvalue weighted by Crippen LogP contribution is 2.07. The molecule has 152 valence electrons. The van der Waals surface area contributed by atoms with Crippen LogP contribution in [0.4, 0.5) is 4.79 Å². The number of likely N-dealkylation sites (N-methyl/N-ethyl adjacent to an activating group) is 1. The maximum absolute atomic E-state index is 11.9. The molecule has 0 aliphatic rings. The number of guanidine groups is 1. The fourth-order valence-electron chi connectivity index (χ4n) is 2.00. The van der Waals surface area contributed by atoms with Crippen molar-refractivity contribution >= 4 is 18.0 Å². The maximum atomic E-state index is 11.9. The highest BCUT2D eigenvalue weighted by Gasteiger charge is 2.18. The molecule has 0 aliphatic carbocycles. The van der Waals surface area contributed by atoms with Crippen LogP contribution in [0.3, 0.4) is 0 Å². The third-order valence-electron chi connectivity index (χ3n) is 3.35. The average molecular weight is 372 g/mol. The molecule has 0 rings (SSSR count). The Morgan fingerprint density at radius 1 is 1.15 bits per heavy atom. The monoisotopic (exact) mass is 371 g/mol. The molecule has 0 saturated heterocycles. The van der Waals surface area contributed by atoms with E-state index in [0.717, 1.165) is 19.3 Å². The minimum Gasteiger partial charge on any atom is -0.444 e. The molecule has 0 bridgehead atoms. The largest absolute Gasteiger partial charge is 0.444 e. The Kier molecular flexibility index (Phi) is 11.4. The lowest BCUT2D eigenvalue weighted by atomic mass is 10.1. The number of hydrogen-bond donors (Lipinski definition) is 3. The first-order valence-electron chi connectivity index (χ1n) is 9.30. The standard InChI is InChI=1S/C18H37N5O3/c1-8-10-11-14(12-21-17(25)26-18(3,4)5)22-16(19-9-2)20-13-15(24)23(6)7/h14H,8-13H2,1-7H3,(H,21,25)(H2,19,20,22). The van der Waals surface area contributed by atoms with Crippen molar-refractivity contribution in [3.63, 3.8) is 0 Å². The highest BCUT2D eigenvalue weighted by atomic mass is 16.6. The van der Waals surface area contributed by atoms with Crippen LogP contribution in [0, 0.1) is 0 Å². The molecule has 0 saturated carbocycles. The Bertz CT molecular complexity index is 458. The van der Waals surface area contributed by atoms with Crippen LogP contribution in [-0.4, -0.2) is 68.2 Å². The smallest absolute Gasteiger partial charge is 0.407 e. The Morgan fingerprint density at radius 3 is 2.31 bits per heavy atom. The van der Waals surface area contributed by atoms with Gasteiger partial charge in [0.25, 0.3) is 0 Å². The second kappa shape index (κ2) is 12.4. The van der Waals surface area contributed by atoms with Gasteiger partial charge in [-0.1, -0.05) is 19.8 Å². The third-order valence-corrected chi connectivity index (χ3v) is 3.35. The van der Waals surface area contributed by atoms with E-state index < -0.39 is 11.7 Å². The number of ether oxygens (including phenoxy) is 1. The van der Waals surface area contributed by atoms with Gasteiger partial charge in [-0.25, -0.2) is 9.79 Å². The molecule has 0 aliphatic heterocycles. The van der Waals surface area contributed by atoms with Crippen molar-refractivity contribution in [3.05, 3.63) is 0 Å². The zero-order chi connectivity index (χ0) is 20.2. The van der Waals surface area contributed by atoms with Gasteiger partial charge >= 0.3 is 6.09 Å². The Hall–Kier alpha value is -1.99. The summed E-state index contributed by atoms with van der Waals surface area (Å²) in [6.45, 7) is 10.7. The average Bonchev–Trinajstić information content (AvgIpc) is 2.52. The molecule has 1 atom stereocenters. The normalized spacial score (nSPS) is 13.0. The molecule has 0 aromatic rings. The number of aliphatic imine (C=N–C) groups is 1. The number of nitrogens with one attached hydrogen (secondary N) is 3. The molecule has 8 heteroatoms. The zero-order valence-electron chi connectivity index (χ0n) is 17.4. The van der Waals surface area contributed by atoms with E-state index >= 15 is 0 Å². The predicted octanol–water partition coefficient (Wildman–Crippen LogP) is 1.71. The van der Waals surface area contributed by atoms with Crippen LogP contribution in [0.2, 0.25) is 0 Å². The number of rotatable bonds is 9. The summed E-state index contributed by atoms with van der Waals surface area (Å²) in [5, 5.41) is 9.23. The van der Waals surface area contributed by atoms with Crippen LogP contribution in [0.25, 0.3) is 0 Å². The summed E-state index contributed by atoms with van der Waals surface area (Å²) >= 11 is 0. The van der Waals surface area contributed by atoms with Gasteiger partial charge in [-0.3, -0.25) is 4.79 Å². The van der Waals surface area contributed by atoms with Crippen molar-refractivity contribution in [2.75, 3.05) is 33.7 Å². The zero-order valence-corrected chi connectivity index (χ0v) is 17.4. The molecule has 0 spiro atoms. The van der Waals surface area contributed by atoms with Gasteiger partial charge in [0.15, 0.2) is 5.96 Å². The number of carbonyl (C=O) groups is 2. The van der Waals surface area contributed by atoms with Gasteiger partial charge < -0.3 is 25.6 Å². The van der Waals surface area contributed by atoms with Crippen LogP contribution < -0.4 is 16.0 Å². The first kappa shape index (κ1) is 24.0. The van der Waals surface area contributed by atoms with E-state index in [1.165, 1.54) is 4.90 Å². The number of hydrogen-bond acceptors (Lipinski definition) is 4. The summed E-state index contributed by atoms with van der Waals surface area (Å²) < 4.78 is 5.28. The lowest BCUT2D eigenvalue weighted by molar-refractivity contribution is -0.127. The van der Waals surface area contributed by atoms with Crippen molar-refractivity contribution in [2.24, 2.45) is 4.99 Å². The van der Waals surface area contributed by atoms with E-state index in [2.05, 4.69) is 27.9 Å². The first-order chi connectivity index (χ1) is 12.1. The Morgan fingerprint density at radius 2 is 1.81 bits per heavy atom. The topological polar surface area (TPSA) is 95.1 Å². The molecule has 0 radical (unpaired) electrons. The van der Waals surface area contributed by atoms with Gasteiger partial charge in [0.05, 0.1) is 0 Å². The summed E-state index contributed by atoms with van der Waals surface area (Å²) in [4.78, 5) is 29.5. The molecule has 2 amide bonds. The summed E-state index contributed by atoms with van der Waals surface area (Å²) in [7, 11) is 3.40. The van der Waals surface area contributed by atoms with Gasteiger partial charge in [-0.2, -0.15) is 0 Å². The molecule has 3 N–H and O–H groups in total. The predicted molar refractivity (Wildman–Crippen MR) is 105 cm³/mol. The summed E-state index contributed by atoms with van der Waals surface area (Å²) in [6, 6.07) is -0.00488. The van der Waals surface area contributed by atoms with Gasteiger partial charge in [0.1, 0.15) is 12.1 Å². The molecule has 0 heterocycles. The van der Waals surface area contributed by atoms with Gasteiger partial charge in [0, 0.05) is 33.2 Å². The quantitative estimate of drug-likeness (QED) is 0.424. The molecule has 0 fully saturated rings. The van der Waals surface area contributed by atoms with E-state index in [4.69, 9.17) is 4.74 Å². The minimum absolute atomic E-state index is 0.00488. The molecular weight excluding hydrogens is 334 g/mol. The van der Waals surface area contributed by atoms with Gasteiger partial charge in [0.2, 0.25) is 5.91 Å². The maximum Gasteiger partial charge on any atom is 0.407 e. The van der Waals surface area contributed by atoms with Crippen LogP contribution in [0.5, 0.6) is 0 Å². The molecule has 0 aromatic carbocycles. The third kappa shape index (κ3) is 12.4. The van der Waals surface area contributed by atoms with E-state index in [-0.39, 0.29) is 18.5 Å². The van der Waals surface area contributed by atoms with Crippen LogP contribution >= 0.6 is 0 Å². The van der Waals surface area contributed by atoms with E-state index in [1.54, 1.807) is 14.1 Å². The Labute approximate surface area is 158 Å². The number of amides is 2. The second-order valence-electron chi connectivity index (χ2n) is 7.35. The van der Waals surface area contributed by atoms with E-state index in [1.807, 2.05) is 27.7 Å². The molecule has 26 heavy (non-hydrogen) atoms. The van der Waals surface area contributed by atoms with Crippen molar-refractivity contribution in [2.45, 2.75) is 65.5 Å². The van der Waals surface area contributed by atoms with Crippen LogP contribution in [0.15, 0.2) is 4.99 Å². The molecular formula is C18H37N5O3. The Balaban J connectivity index is 4.82. The van der Waals surface area contributed by atoms with E-state index in [0.29, 0.717) is 19.0 Å². The fraction of sp³-hybridized carbons (Fsp3) is 0.833. The number of alkyl carbamates (subject to hydrolysis) is 1. The summed E-state index contributed by atoms with van der Waals surface area (Å²) in [5.74, 6) is 0.494. The van der Waals surface area contributed by atoms with Gasteiger partial charge in [-0.05, 0) is 34.1 Å². The highest BCUT2D eigenvalue weighted by molar-refractivity contribution is 5.85. The van der Waals surface area contributed by atoms with Crippen molar-refractivity contribution in [1.82, 2.24) is 20.9 Å². The summed E-state index contributed by atoms with van der Waals surface area (Å²) in [6.07, 6.45) is 2.50. The van der Waals surface area contributed by atoms with Gasteiger partial charge in [-0.15, -0.1) is 0 Å². The number of unbranched alkanes of at least 4 members (excludes halogenated alkanes) is 1. The molecule has 0 aromatic heterocycles. The number of nitrogens with zero attached hydrogens (tertiary/aromatic N) is 2. The first-order valence-corrected chi connectivity index (χ1v) is 9.30.